The van der Waals surface area contributed by atoms with Crippen molar-refractivity contribution in [2.75, 3.05) is 21.1 Å². The first-order valence-corrected chi connectivity index (χ1v) is 6.99. The van der Waals surface area contributed by atoms with E-state index in [1.165, 1.54) is 18.4 Å². The van der Waals surface area contributed by atoms with Crippen LogP contribution in [0, 0.1) is 5.92 Å². The fourth-order valence-electron chi connectivity index (χ4n) is 2.72. The van der Waals surface area contributed by atoms with E-state index < -0.39 is 0 Å². The Balaban J connectivity index is 0.00000361. The zero-order valence-electron chi connectivity index (χ0n) is 12.7. The molecular formula is C16H28N2O. The second-order valence-electron chi connectivity index (χ2n) is 5.38. The first-order valence-electron chi connectivity index (χ1n) is 6.99. The molecule has 0 aromatic heterocycles. The highest BCUT2D eigenvalue weighted by Crippen LogP contribution is 2.29. The van der Waals surface area contributed by atoms with Gasteiger partial charge in [-0.15, -0.1) is 0 Å². The van der Waals surface area contributed by atoms with Crippen LogP contribution in [-0.4, -0.2) is 32.0 Å². The first-order chi connectivity index (χ1) is 9.01. The highest BCUT2D eigenvalue weighted by Gasteiger charge is 2.20. The molecule has 3 heteroatoms. The maximum atomic E-state index is 11.5. The smallest absolute Gasteiger partial charge is 0.251 e. The molecule has 0 spiro atoms. The third-order valence-corrected chi connectivity index (χ3v) is 3.58. The summed E-state index contributed by atoms with van der Waals surface area (Å²) in [6.45, 7) is 4.51. The van der Waals surface area contributed by atoms with Crippen molar-refractivity contribution in [3.63, 3.8) is 0 Å². The summed E-state index contributed by atoms with van der Waals surface area (Å²) in [5, 5.41) is 2.65. The van der Waals surface area contributed by atoms with Crippen LogP contribution < -0.4 is 5.32 Å². The van der Waals surface area contributed by atoms with Crippen LogP contribution in [0.4, 0.5) is 0 Å². The maximum Gasteiger partial charge on any atom is 0.251 e. The summed E-state index contributed by atoms with van der Waals surface area (Å²) in [7, 11) is 5.88. The Morgan fingerprint density at radius 3 is 2.32 bits per heavy atom. The topological polar surface area (TPSA) is 32.3 Å². The summed E-state index contributed by atoms with van der Waals surface area (Å²) < 4.78 is 0. The zero-order valence-corrected chi connectivity index (χ0v) is 12.7. The van der Waals surface area contributed by atoms with Crippen molar-refractivity contribution >= 4 is 5.91 Å². The summed E-state index contributed by atoms with van der Waals surface area (Å²) in [4.78, 5) is 13.8. The summed E-state index contributed by atoms with van der Waals surface area (Å²) in [6, 6.07) is 8.36. The lowest BCUT2D eigenvalue weighted by atomic mass is 9.90. The Hall–Kier alpha value is -1.35. The summed E-state index contributed by atoms with van der Waals surface area (Å²) >= 11 is 0. The molecule has 3 nitrogen and oxygen atoms in total. The minimum atomic E-state index is -0.0328. The molecule has 0 heterocycles. The van der Waals surface area contributed by atoms with Crippen molar-refractivity contribution in [1.29, 1.82) is 0 Å². The van der Waals surface area contributed by atoms with Crippen molar-refractivity contribution in [1.82, 2.24) is 10.2 Å². The van der Waals surface area contributed by atoms with Gasteiger partial charge in [0.25, 0.3) is 5.91 Å². The summed E-state index contributed by atoms with van der Waals surface area (Å²) in [6.07, 6.45) is 2.40. The molecule has 1 N–H and O–H groups in total. The van der Waals surface area contributed by atoms with Crippen molar-refractivity contribution in [3.8, 4) is 0 Å². The number of amides is 1. The van der Waals surface area contributed by atoms with E-state index in [2.05, 4.69) is 50.3 Å². The van der Waals surface area contributed by atoms with E-state index in [1.807, 2.05) is 12.1 Å². The average Bonchev–Trinajstić information content (AvgIpc) is 2.38. The van der Waals surface area contributed by atoms with E-state index in [0.717, 1.165) is 0 Å². The van der Waals surface area contributed by atoms with Crippen LogP contribution in [0.15, 0.2) is 24.3 Å². The molecule has 0 bridgehead atoms. The monoisotopic (exact) mass is 264 g/mol. The molecule has 0 aliphatic heterocycles. The minimum Gasteiger partial charge on any atom is -0.355 e. The molecule has 0 radical (unpaired) electrons. The summed E-state index contributed by atoms with van der Waals surface area (Å²) in [5.74, 6) is 0.570. The van der Waals surface area contributed by atoms with Gasteiger partial charge in [0, 0.05) is 20.1 Å². The lowest BCUT2D eigenvalue weighted by Crippen LogP contribution is -2.26. The van der Waals surface area contributed by atoms with Crippen molar-refractivity contribution in [3.05, 3.63) is 35.4 Å². The van der Waals surface area contributed by atoms with Crippen LogP contribution in [0.2, 0.25) is 0 Å². The Labute approximate surface area is 118 Å². The molecule has 2 atom stereocenters. The van der Waals surface area contributed by atoms with Gasteiger partial charge in [-0.25, -0.2) is 0 Å². The number of hydrogen-bond donors (Lipinski definition) is 1. The second kappa shape index (κ2) is 7.29. The van der Waals surface area contributed by atoms with Gasteiger partial charge in [0.1, 0.15) is 0 Å². The maximum absolute atomic E-state index is 11.5. The van der Waals surface area contributed by atoms with Crippen LogP contribution in [0.1, 0.15) is 50.1 Å². The van der Waals surface area contributed by atoms with Crippen LogP contribution in [0.25, 0.3) is 0 Å². The molecule has 1 aromatic carbocycles. The number of nitrogens with zero attached hydrogens (tertiary/aromatic N) is 1. The molecular weight excluding hydrogens is 236 g/mol. The van der Waals surface area contributed by atoms with Crippen LogP contribution in [0.5, 0.6) is 0 Å². The third-order valence-electron chi connectivity index (χ3n) is 3.58. The highest BCUT2D eigenvalue weighted by molar-refractivity contribution is 5.93. The van der Waals surface area contributed by atoms with Gasteiger partial charge < -0.3 is 10.2 Å². The fourth-order valence-corrected chi connectivity index (χ4v) is 2.72. The number of rotatable bonds is 6. The SMILES string of the molecule is CCCC(C)[C@H](c1ccc(C(=O)NC)cc1)N(C)C.[HH]. The summed E-state index contributed by atoms with van der Waals surface area (Å²) in [5.41, 5.74) is 1.99. The van der Waals surface area contributed by atoms with Crippen molar-refractivity contribution < 1.29 is 6.22 Å². The molecule has 1 amide bonds. The van der Waals surface area contributed by atoms with E-state index in [9.17, 15) is 4.79 Å². The van der Waals surface area contributed by atoms with Crippen molar-refractivity contribution in [2.24, 2.45) is 5.92 Å². The molecule has 0 saturated heterocycles. The van der Waals surface area contributed by atoms with E-state index in [0.29, 0.717) is 17.5 Å². The number of benzene rings is 1. The van der Waals surface area contributed by atoms with Gasteiger partial charge in [0.2, 0.25) is 0 Å². The molecule has 1 aromatic rings. The van der Waals surface area contributed by atoms with Crippen LogP contribution in [-0.2, 0) is 0 Å². The van der Waals surface area contributed by atoms with Gasteiger partial charge >= 0.3 is 0 Å². The highest BCUT2D eigenvalue weighted by atomic mass is 16.1. The molecule has 0 aliphatic carbocycles. The molecule has 1 rings (SSSR count). The predicted octanol–water partition coefficient (Wildman–Crippen LogP) is 3.33. The number of nitrogens with one attached hydrogen (secondary N) is 1. The molecule has 19 heavy (non-hydrogen) atoms. The van der Waals surface area contributed by atoms with Gasteiger partial charge in [-0.3, -0.25) is 4.79 Å². The van der Waals surface area contributed by atoms with Gasteiger partial charge in [0.05, 0.1) is 0 Å². The quantitative estimate of drug-likeness (QED) is 0.854. The van der Waals surface area contributed by atoms with Crippen LogP contribution >= 0.6 is 0 Å². The van der Waals surface area contributed by atoms with Gasteiger partial charge in [0.15, 0.2) is 0 Å². The second-order valence-corrected chi connectivity index (χ2v) is 5.38. The van der Waals surface area contributed by atoms with E-state index in [4.69, 9.17) is 0 Å². The Morgan fingerprint density at radius 2 is 1.89 bits per heavy atom. The lowest BCUT2D eigenvalue weighted by Gasteiger charge is -2.30. The van der Waals surface area contributed by atoms with Gasteiger partial charge in [-0.1, -0.05) is 32.4 Å². The minimum absolute atomic E-state index is 0. The van der Waals surface area contributed by atoms with E-state index in [1.54, 1.807) is 7.05 Å². The predicted molar refractivity (Wildman–Crippen MR) is 82.4 cm³/mol. The number of carbonyl (C=O) groups is 1. The standard InChI is InChI=1S/C16H26N2O.H2/c1-6-7-12(2)15(18(4)5)13-8-10-14(11-9-13)16(19)17-3;/h8-12,15H,6-7H2,1-5H3,(H,17,19);1H/t12?,15-;/m1./s1. The Morgan fingerprint density at radius 1 is 1.32 bits per heavy atom. The molecule has 0 saturated carbocycles. The zero-order chi connectivity index (χ0) is 14.4. The number of carbonyl (C=O) groups excluding carboxylic acids is 1. The Bertz CT molecular complexity index is 403. The third kappa shape index (κ3) is 4.06. The molecule has 0 fully saturated rings. The van der Waals surface area contributed by atoms with E-state index >= 15 is 0 Å². The van der Waals surface area contributed by atoms with Gasteiger partial charge in [-0.05, 0) is 44.1 Å². The Kier molecular flexibility index (Phi) is 6.03. The lowest BCUT2D eigenvalue weighted by molar-refractivity contribution is 0.0963. The first kappa shape index (κ1) is 15.7. The average molecular weight is 264 g/mol. The largest absolute Gasteiger partial charge is 0.355 e. The molecule has 1 unspecified atom stereocenters. The van der Waals surface area contributed by atoms with E-state index in [-0.39, 0.29) is 7.33 Å². The normalized spacial score (nSPS) is 14.2. The fraction of sp³-hybridized carbons (Fsp3) is 0.562. The molecule has 0 aliphatic rings. The number of hydrogen-bond acceptors (Lipinski definition) is 2. The van der Waals surface area contributed by atoms with Crippen molar-refractivity contribution in [2.45, 2.75) is 32.7 Å². The van der Waals surface area contributed by atoms with Crippen LogP contribution in [0.3, 0.4) is 0 Å². The van der Waals surface area contributed by atoms with Gasteiger partial charge in [-0.2, -0.15) is 0 Å². The molecule has 108 valence electrons.